The zero-order chi connectivity index (χ0) is 15.7. The van der Waals surface area contributed by atoms with Gasteiger partial charge in [0.2, 0.25) is 0 Å². The summed E-state index contributed by atoms with van der Waals surface area (Å²) in [4.78, 5) is 12.3. The molecule has 1 aliphatic rings. The van der Waals surface area contributed by atoms with Gasteiger partial charge in [0.1, 0.15) is 20.8 Å². The van der Waals surface area contributed by atoms with Crippen LogP contribution in [-0.2, 0) is 0 Å². The number of nitrogens with one attached hydrogen (secondary N) is 1. The Kier molecular flexibility index (Phi) is 4.10. The second kappa shape index (κ2) is 6.04. The maximum absolute atomic E-state index is 10.8. The second-order valence-electron chi connectivity index (χ2n) is 4.44. The molecule has 0 radical (unpaired) electrons. The van der Waals surface area contributed by atoms with Crippen LogP contribution in [0.2, 0.25) is 0 Å². The van der Waals surface area contributed by atoms with E-state index in [1.807, 2.05) is 18.2 Å². The van der Waals surface area contributed by atoms with E-state index in [9.17, 15) is 4.79 Å². The molecule has 1 fully saturated rings. The van der Waals surface area contributed by atoms with Gasteiger partial charge in [-0.05, 0) is 30.3 Å². The van der Waals surface area contributed by atoms with Crippen molar-refractivity contribution in [2.24, 2.45) is 0 Å². The molecule has 2 aromatic rings. The molecular formula is C15H9NO3S3. The molecule has 1 aliphatic heterocycles. The Morgan fingerprint density at radius 1 is 1.18 bits per heavy atom. The van der Waals surface area contributed by atoms with E-state index >= 15 is 0 Å². The van der Waals surface area contributed by atoms with Crippen LogP contribution in [0.1, 0.15) is 16.1 Å². The van der Waals surface area contributed by atoms with Gasteiger partial charge in [0.25, 0.3) is 0 Å². The number of carboxylic acid groups (broad SMARTS) is 1. The van der Waals surface area contributed by atoms with Crippen LogP contribution in [0.25, 0.3) is 17.4 Å². The SMILES string of the molecule is O=C(O)c1ccc(-c2ccc(/C=C3\SC(=S)NC3=S)o2)cc1. The number of thioether (sulfide) groups is 1. The molecule has 2 heterocycles. The van der Waals surface area contributed by atoms with Crippen LogP contribution in [0.5, 0.6) is 0 Å². The molecule has 1 aromatic heterocycles. The van der Waals surface area contributed by atoms with E-state index in [1.54, 1.807) is 24.3 Å². The summed E-state index contributed by atoms with van der Waals surface area (Å²) in [6.07, 6.45) is 1.83. The van der Waals surface area contributed by atoms with Gasteiger partial charge in [-0.25, -0.2) is 4.79 Å². The van der Waals surface area contributed by atoms with E-state index in [4.69, 9.17) is 34.0 Å². The lowest BCUT2D eigenvalue weighted by molar-refractivity contribution is 0.0697. The van der Waals surface area contributed by atoms with E-state index in [2.05, 4.69) is 5.32 Å². The van der Waals surface area contributed by atoms with Crippen molar-refractivity contribution >= 4 is 57.6 Å². The summed E-state index contributed by atoms with van der Waals surface area (Å²) in [5.41, 5.74) is 1.05. The minimum atomic E-state index is -0.952. The summed E-state index contributed by atoms with van der Waals surface area (Å²) in [6, 6.07) is 10.2. The summed E-state index contributed by atoms with van der Waals surface area (Å²) in [5.74, 6) is 0.369. The smallest absolute Gasteiger partial charge is 0.335 e. The van der Waals surface area contributed by atoms with E-state index in [0.717, 1.165) is 10.5 Å². The highest BCUT2D eigenvalue weighted by Gasteiger charge is 2.19. The highest BCUT2D eigenvalue weighted by molar-refractivity contribution is 8.27. The van der Waals surface area contributed by atoms with Crippen molar-refractivity contribution in [1.82, 2.24) is 5.32 Å². The van der Waals surface area contributed by atoms with Crippen LogP contribution < -0.4 is 5.32 Å². The zero-order valence-corrected chi connectivity index (χ0v) is 13.5. The van der Waals surface area contributed by atoms with Crippen molar-refractivity contribution in [3.05, 3.63) is 52.6 Å². The quantitative estimate of drug-likeness (QED) is 0.644. The molecule has 3 rings (SSSR count). The number of hydrogen-bond acceptors (Lipinski definition) is 5. The van der Waals surface area contributed by atoms with Crippen LogP contribution in [0.4, 0.5) is 0 Å². The number of thiocarbonyl (C=S) groups is 2. The van der Waals surface area contributed by atoms with Crippen LogP contribution in [-0.4, -0.2) is 20.4 Å². The number of hydrogen-bond donors (Lipinski definition) is 2. The first-order valence-corrected chi connectivity index (χ1v) is 7.84. The third-order valence-electron chi connectivity index (χ3n) is 2.96. The highest BCUT2D eigenvalue weighted by atomic mass is 32.2. The number of benzene rings is 1. The summed E-state index contributed by atoms with van der Waals surface area (Å²) < 4.78 is 6.38. The lowest BCUT2D eigenvalue weighted by Gasteiger charge is -1.98. The molecule has 0 atom stereocenters. The fraction of sp³-hybridized carbons (Fsp3) is 0. The van der Waals surface area contributed by atoms with Crippen molar-refractivity contribution in [3.8, 4) is 11.3 Å². The zero-order valence-electron chi connectivity index (χ0n) is 11.0. The second-order valence-corrected chi connectivity index (χ2v) is 6.56. The number of carbonyl (C=O) groups is 1. The third kappa shape index (κ3) is 3.11. The molecular weight excluding hydrogens is 338 g/mol. The monoisotopic (exact) mass is 347 g/mol. The number of furan rings is 1. The minimum Gasteiger partial charge on any atom is -0.478 e. The predicted molar refractivity (Wildman–Crippen MR) is 95.0 cm³/mol. The Balaban J connectivity index is 1.85. The van der Waals surface area contributed by atoms with Crippen LogP contribution in [0.15, 0.2) is 45.7 Å². The maximum Gasteiger partial charge on any atom is 0.335 e. The van der Waals surface area contributed by atoms with Gasteiger partial charge in [-0.1, -0.05) is 48.3 Å². The molecule has 4 nitrogen and oxygen atoms in total. The van der Waals surface area contributed by atoms with E-state index in [1.165, 1.54) is 11.8 Å². The molecule has 0 amide bonds. The lowest BCUT2D eigenvalue weighted by Crippen LogP contribution is -2.15. The van der Waals surface area contributed by atoms with Gasteiger partial charge in [0.05, 0.1) is 10.5 Å². The highest BCUT2D eigenvalue weighted by Crippen LogP contribution is 2.29. The Bertz CT molecular complexity index is 806. The normalized spacial score (nSPS) is 16.1. The summed E-state index contributed by atoms with van der Waals surface area (Å²) in [7, 11) is 0. The van der Waals surface area contributed by atoms with Crippen molar-refractivity contribution < 1.29 is 14.3 Å². The third-order valence-corrected chi connectivity index (χ3v) is 4.59. The molecule has 22 heavy (non-hydrogen) atoms. The van der Waals surface area contributed by atoms with Gasteiger partial charge in [0.15, 0.2) is 0 Å². The van der Waals surface area contributed by atoms with Gasteiger partial charge < -0.3 is 14.8 Å². The fourth-order valence-electron chi connectivity index (χ4n) is 1.91. The van der Waals surface area contributed by atoms with E-state index in [0.29, 0.717) is 20.8 Å². The van der Waals surface area contributed by atoms with Gasteiger partial charge in [0, 0.05) is 5.56 Å². The molecule has 7 heteroatoms. The Morgan fingerprint density at radius 3 is 2.50 bits per heavy atom. The van der Waals surface area contributed by atoms with Crippen molar-refractivity contribution in [2.75, 3.05) is 0 Å². The number of aromatic carboxylic acids is 1. The van der Waals surface area contributed by atoms with E-state index < -0.39 is 5.97 Å². The molecule has 110 valence electrons. The number of rotatable bonds is 3. The van der Waals surface area contributed by atoms with Gasteiger partial charge >= 0.3 is 5.97 Å². The topological polar surface area (TPSA) is 62.5 Å². The van der Waals surface area contributed by atoms with Crippen LogP contribution in [0.3, 0.4) is 0 Å². The molecule has 0 bridgehead atoms. The van der Waals surface area contributed by atoms with Gasteiger partial charge in [-0.2, -0.15) is 0 Å². The molecule has 1 aromatic carbocycles. The van der Waals surface area contributed by atoms with Crippen molar-refractivity contribution in [2.45, 2.75) is 0 Å². The Morgan fingerprint density at radius 2 is 1.91 bits per heavy atom. The maximum atomic E-state index is 10.8. The Hall–Kier alpha value is -1.96. The molecule has 1 saturated heterocycles. The molecule has 0 saturated carbocycles. The molecule has 2 N–H and O–H groups in total. The standard InChI is InChI=1S/C15H9NO3S3/c17-14(18)9-3-1-8(2-4-9)11-6-5-10(19-11)7-12-13(20)16-15(21)22-12/h1-7H,(H,17,18)(H,16,20,21)/b12-7-. The first kappa shape index (κ1) is 15.0. The average molecular weight is 347 g/mol. The Labute approximate surface area is 141 Å². The van der Waals surface area contributed by atoms with Crippen molar-refractivity contribution in [1.29, 1.82) is 0 Å². The number of carboxylic acids is 1. The molecule has 0 unspecified atom stereocenters. The molecule has 0 spiro atoms. The van der Waals surface area contributed by atoms with Crippen LogP contribution in [0, 0.1) is 0 Å². The van der Waals surface area contributed by atoms with Crippen LogP contribution >= 0.6 is 36.2 Å². The largest absolute Gasteiger partial charge is 0.478 e. The first-order chi connectivity index (χ1) is 10.5. The first-order valence-electron chi connectivity index (χ1n) is 6.21. The minimum absolute atomic E-state index is 0.241. The summed E-state index contributed by atoms with van der Waals surface area (Å²) in [6.45, 7) is 0. The van der Waals surface area contributed by atoms with Crippen molar-refractivity contribution in [3.63, 3.8) is 0 Å². The van der Waals surface area contributed by atoms with Gasteiger partial charge in [-0.15, -0.1) is 0 Å². The lowest BCUT2D eigenvalue weighted by atomic mass is 10.1. The average Bonchev–Trinajstić information content (AvgIpc) is 3.06. The fourth-order valence-corrected chi connectivity index (χ4v) is 3.37. The van der Waals surface area contributed by atoms with E-state index in [-0.39, 0.29) is 5.56 Å². The van der Waals surface area contributed by atoms with Gasteiger partial charge in [-0.3, -0.25) is 0 Å². The summed E-state index contributed by atoms with van der Waals surface area (Å²) in [5, 5.41) is 11.8. The molecule has 0 aliphatic carbocycles. The summed E-state index contributed by atoms with van der Waals surface area (Å²) >= 11 is 11.6. The predicted octanol–water partition coefficient (Wildman–Crippen LogP) is 3.93.